The van der Waals surface area contributed by atoms with E-state index < -0.39 is 0 Å². The lowest BCUT2D eigenvalue weighted by Gasteiger charge is -2.54. The third-order valence-electron chi connectivity index (χ3n) is 5.46. The number of hydrogen-bond donors (Lipinski definition) is 1. The van der Waals surface area contributed by atoms with Crippen LogP contribution in [0.15, 0.2) is 24.4 Å². The molecule has 0 radical (unpaired) electrons. The maximum Gasteiger partial charge on any atom is 0.0677 e. The molecule has 0 saturated heterocycles. The minimum absolute atomic E-state index is 0.0758. The van der Waals surface area contributed by atoms with Crippen molar-refractivity contribution < 1.29 is 0 Å². The van der Waals surface area contributed by atoms with Gasteiger partial charge in [-0.25, -0.2) is 0 Å². The van der Waals surface area contributed by atoms with Crippen LogP contribution in [0.3, 0.4) is 0 Å². The highest BCUT2D eigenvalue weighted by Crippen LogP contribution is 2.55. The Balaban J connectivity index is 2.31. The molecule has 0 aromatic heterocycles. The van der Waals surface area contributed by atoms with Gasteiger partial charge in [0.1, 0.15) is 0 Å². The predicted molar refractivity (Wildman–Crippen MR) is 83.8 cm³/mol. The van der Waals surface area contributed by atoms with Crippen molar-refractivity contribution in [2.75, 3.05) is 0 Å². The summed E-state index contributed by atoms with van der Waals surface area (Å²) in [6.07, 6.45) is 5.72. The number of fused-ring (bicyclic) bond motifs is 2. The van der Waals surface area contributed by atoms with Crippen molar-refractivity contribution in [3.63, 3.8) is 0 Å². The van der Waals surface area contributed by atoms with Crippen LogP contribution in [0.1, 0.15) is 52.9 Å². The van der Waals surface area contributed by atoms with E-state index in [9.17, 15) is 5.26 Å². The van der Waals surface area contributed by atoms with Gasteiger partial charge in [-0.05, 0) is 43.4 Å². The predicted octanol–water partition coefficient (Wildman–Crippen LogP) is 4.41. The molecular weight excluding hydrogens is 244 g/mol. The smallest absolute Gasteiger partial charge is 0.0677 e. The molecule has 0 spiro atoms. The van der Waals surface area contributed by atoms with E-state index in [2.05, 4.69) is 38.4 Å². The Hall–Kier alpha value is -1.23. The molecule has 0 amide bonds. The molecule has 5 atom stereocenters. The Morgan fingerprint density at radius 3 is 2.75 bits per heavy atom. The summed E-state index contributed by atoms with van der Waals surface area (Å²) < 4.78 is 0. The van der Waals surface area contributed by atoms with E-state index in [0.717, 1.165) is 18.5 Å². The second-order valence-corrected chi connectivity index (χ2v) is 7.18. The van der Waals surface area contributed by atoms with Gasteiger partial charge >= 0.3 is 0 Å². The number of nitriles is 1. The standard InChI is InChI=1S/C18H28N2/c1-6-7-14-8-13(4)18(5)9-15(11-19)17(16(14)10-18)20-12(2)3/h14-17,20H,2,4,6-10H2,1,3,5H3. The van der Waals surface area contributed by atoms with Gasteiger partial charge in [0, 0.05) is 11.7 Å². The third-order valence-corrected chi connectivity index (χ3v) is 5.46. The molecule has 2 fully saturated rings. The van der Waals surface area contributed by atoms with Crippen molar-refractivity contribution in [1.29, 1.82) is 5.26 Å². The van der Waals surface area contributed by atoms with Crippen molar-refractivity contribution in [3.8, 4) is 6.07 Å². The molecule has 2 bridgehead atoms. The number of hydrogen-bond acceptors (Lipinski definition) is 2. The maximum atomic E-state index is 9.60. The van der Waals surface area contributed by atoms with Crippen molar-refractivity contribution in [2.45, 2.75) is 58.9 Å². The average Bonchev–Trinajstić information content (AvgIpc) is 2.38. The Labute approximate surface area is 123 Å². The van der Waals surface area contributed by atoms with Crippen LogP contribution in [-0.2, 0) is 0 Å². The van der Waals surface area contributed by atoms with Crippen molar-refractivity contribution in [2.24, 2.45) is 23.2 Å². The van der Waals surface area contributed by atoms with Gasteiger partial charge in [0.2, 0.25) is 0 Å². The lowest BCUT2D eigenvalue weighted by molar-refractivity contribution is 0.0435. The first-order valence-electron chi connectivity index (χ1n) is 7.91. The van der Waals surface area contributed by atoms with Crippen molar-refractivity contribution in [3.05, 3.63) is 24.4 Å². The highest BCUT2D eigenvalue weighted by molar-refractivity contribution is 5.22. The molecule has 2 nitrogen and oxygen atoms in total. The van der Waals surface area contributed by atoms with E-state index in [0.29, 0.717) is 11.8 Å². The normalized spacial score (nSPS) is 40.0. The number of allylic oxidation sites excluding steroid dienone is 2. The van der Waals surface area contributed by atoms with Gasteiger partial charge < -0.3 is 5.32 Å². The van der Waals surface area contributed by atoms with Crippen LogP contribution >= 0.6 is 0 Å². The lowest BCUT2D eigenvalue weighted by atomic mass is 9.52. The summed E-state index contributed by atoms with van der Waals surface area (Å²) in [6.45, 7) is 14.9. The highest BCUT2D eigenvalue weighted by Gasteiger charge is 2.50. The van der Waals surface area contributed by atoms with Gasteiger partial charge in [-0.1, -0.05) is 45.4 Å². The van der Waals surface area contributed by atoms with Crippen LogP contribution in [0.25, 0.3) is 0 Å². The van der Waals surface area contributed by atoms with Gasteiger partial charge in [-0.15, -0.1) is 0 Å². The monoisotopic (exact) mass is 272 g/mol. The van der Waals surface area contributed by atoms with Crippen LogP contribution in [0.4, 0.5) is 0 Å². The van der Waals surface area contributed by atoms with E-state index in [1.165, 1.54) is 24.8 Å². The maximum absolute atomic E-state index is 9.60. The summed E-state index contributed by atoms with van der Waals surface area (Å²) >= 11 is 0. The van der Waals surface area contributed by atoms with Gasteiger partial charge in [-0.3, -0.25) is 0 Å². The molecule has 110 valence electrons. The number of nitrogens with one attached hydrogen (secondary N) is 1. The zero-order valence-electron chi connectivity index (χ0n) is 13.2. The van der Waals surface area contributed by atoms with Crippen LogP contribution in [-0.4, -0.2) is 6.04 Å². The zero-order chi connectivity index (χ0) is 14.9. The highest BCUT2D eigenvalue weighted by atomic mass is 14.9. The molecule has 0 aromatic carbocycles. The fourth-order valence-corrected chi connectivity index (χ4v) is 4.41. The second-order valence-electron chi connectivity index (χ2n) is 7.18. The molecule has 2 rings (SSSR count). The molecule has 2 aliphatic rings. The molecule has 1 N–H and O–H groups in total. The fraction of sp³-hybridized carbons (Fsp3) is 0.722. The van der Waals surface area contributed by atoms with Crippen LogP contribution < -0.4 is 5.32 Å². The first-order valence-corrected chi connectivity index (χ1v) is 7.91. The fourth-order valence-electron chi connectivity index (χ4n) is 4.41. The molecule has 0 aliphatic heterocycles. The molecule has 2 heteroatoms. The molecule has 2 saturated carbocycles. The average molecular weight is 272 g/mol. The third kappa shape index (κ3) is 2.64. The van der Waals surface area contributed by atoms with E-state index in [4.69, 9.17) is 0 Å². The zero-order valence-corrected chi connectivity index (χ0v) is 13.2. The minimum Gasteiger partial charge on any atom is -0.385 e. The SMILES string of the molecule is C=C(C)NC1C(C#N)CC2(C)CC1C(CCC)CC2=C. The first kappa shape index (κ1) is 15.2. The number of nitrogens with zero attached hydrogens (tertiary/aromatic N) is 1. The lowest BCUT2D eigenvalue weighted by Crippen LogP contribution is -2.54. The van der Waals surface area contributed by atoms with Gasteiger partial charge in [-0.2, -0.15) is 5.26 Å². The summed E-state index contributed by atoms with van der Waals surface area (Å²) in [6, 6.07) is 2.83. The van der Waals surface area contributed by atoms with Crippen LogP contribution in [0.2, 0.25) is 0 Å². The molecule has 20 heavy (non-hydrogen) atoms. The Morgan fingerprint density at radius 2 is 2.20 bits per heavy atom. The van der Waals surface area contributed by atoms with Crippen LogP contribution in [0, 0.1) is 34.5 Å². The Bertz CT molecular complexity index is 445. The second kappa shape index (κ2) is 5.64. The van der Waals surface area contributed by atoms with Crippen molar-refractivity contribution in [1.82, 2.24) is 5.32 Å². The largest absolute Gasteiger partial charge is 0.385 e. The van der Waals surface area contributed by atoms with E-state index in [1.807, 2.05) is 6.92 Å². The molecule has 0 aromatic rings. The number of rotatable bonds is 4. The Kier molecular flexibility index (Phi) is 4.28. The quantitative estimate of drug-likeness (QED) is 0.769. The molecule has 0 heterocycles. The van der Waals surface area contributed by atoms with Gasteiger partial charge in [0.05, 0.1) is 12.0 Å². The molecular formula is C18H28N2. The first-order chi connectivity index (χ1) is 9.41. The van der Waals surface area contributed by atoms with Crippen molar-refractivity contribution >= 4 is 0 Å². The summed E-state index contributed by atoms with van der Waals surface area (Å²) in [4.78, 5) is 0. The topological polar surface area (TPSA) is 35.8 Å². The molecule has 5 unspecified atom stereocenters. The summed E-state index contributed by atoms with van der Waals surface area (Å²) in [5.41, 5.74) is 2.53. The summed E-state index contributed by atoms with van der Waals surface area (Å²) in [7, 11) is 0. The van der Waals surface area contributed by atoms with E-state index >= 15 is 0 Å². The Morgan fingerprint density at radius 1 is 1.50 bits per heavy atom. The van der Waals surface area contributed by atoms with Gasteiger partial charge in [0.25, 0.3) is 0 Å². The minimum atomic E-state index is 0.0758. The van der Waals surface area contributed by atoms with E-state index in [1.54, 1.807) is 0 Å². The summed E-state index contributed by atoms with van der Waals surface area (Å²) in [5.74, 6) is 1.33. The summed E-state index contributed by atoms with van der Waals surface area (Å²) in [5, 5.41) is 13.1. The van der Waals surface area contributed by atoms with Gasteiger partial charge in [0.15, 0.2) is 0 Å². The van der Waals surface area contributed by atoms with Crippen LogP contribution in [0.5, 0.6) is 0 Å². The molecule has 2 aliphatic carbocycles. The van der Waals surface area contributed by atoms with E-state index in [-0.39, 0.29) is 17.4 Å².